The van der Waals surface area contributed by atoms with Crippen LogP contribution in [0, 0.1) is 11.6 Å². The first-order valence-electron chi connectivity index (χ1n) is 5.20. The summed E-state index contributed by atoms with van der Waals surface area (Å²) in [6.07, 6.45) is 0. The van der Waals surface area contributed by atoms with Crippen LogP contribution >= 0.6 is 31.9 Å². The van der Waals surface area contributed by atoms with Gasteiger partial charge >= 0.3 is 0 Å². The zero-order valence-corrected chi connectivity index (χ0v) is 12.4. The van der Waals surface area contributed by atoms with Crippen LogP contribution < -0.4 is 5.32 Å². The Bertz CT molecular complexity index is 553. The Kier molecular flexibility index (Phi) is 4.35. The fourth-order valence-corrected chi connectivity index (χ4v) is 2.81. The molecule has 0 atom stereocenters. The number of anilines is 1. The van der Waals surface area contributed by atoms with E-state index in [1.54, 1.807) is 0 Å². The summed E-state index contributed by atoms with van der Waals surface area (Å²) in [4.78, 5) is 0. The predicted octanol–water partition coefficient (Wildman–Crippen LogP) is 5.10. The van der Waals surface area contributed by atoms with Crippen molar-refractivity contribution in [1.82, 2.24) is 0 Å². The highest BCUT2D eigenvalue weighted by Crippen LogP contribution is 2.31. The molecule has 2 aromatic carbocycles. The summed E-state index contributed by atoms with van der Waals surface area (Å²) in [7, 11) is 0. The lowest BCUT2D eigenvalue weighted by Crippen LogP contribution is -2.03. The number of benzene rings is 2. The molecule has 0 aliphatic carbocycles. The van der Waals surface area contributed by atoms with E-state index in [-0.39, 0.29) is 12.1 Å². The van der Waals surface area contributed by atoms with Gasteiger partial charge in [-0.2, -0.15) is 0 Å². The molecule has 0 saturated carbocycles. The predicted molar refractivity (Wildman–Crippen MR) is 75.5 cm³/mol. The molecule has 0 heterocycles. The fourth-order valence-electron chi connectivity index (χ4n) is 1.53. The fraction of sp³-hybridized carbons (Fsp3) is 0.0769. The first-order valence-corrected chi connectivity index (χ1v) is 6.78. The Morgan fingerprint density at radius 3 is 2.33 bits per heavy atom. The summed E-state index contributed by atoms with van der Waals surface area (Å²) >= 11 is 6.79. The van der Waals surface area contributed by atoms with Gasteiger partial charge in [0.05, 0.1) is 5.69 Å². The Hall–Kier alpha value is -0.940. The van der Waals surface area contributed by atoms with Crippen molar-refractivity contribution in [3.05, 3.63) is 62.5 Å². The van der Waals surface area contributed by atoms with Gasteiger partial charge < -0.3 is 5.32 Å². The molecule has 1 nitrogen and oxygen atoms in total. The average Bonchev–Trinajstić information content (AvgIpc) is 2.33. The molecule has 0 aliphatic rings. The number of rotatable bonds is 3. The van der Waals surface area contributed by atoms with Gasteiger partial charge in [-0.05, 0) is 62.2 Å². The highest BCUT2D eigenvalue weighted by atomic mass is 79.9. The van der Waals surface area contributed by atoms with Gasteiger partial charge in [-0.1, -0.05) is 6.07 Å². The molecule has 2 aromatic rings. The lowest BCUT2D eigenvalue weighted by molar-refractivity contribution is 0.587. The molecule has 0 radical (unpaired) electrons. The van der Waals surface area contributed by atoms with Crippen LogP contribution in [0.5, 0.6) is 0 Å². The minimum absolute atomic E-state index is 0.213. The van der Waals surface area contributed by atoms with E-state index in [0.29, 0.717) is 0 Å². The van der Waals surface area contributed by atoms with Crippen molar-refractivity contribution in [2.75, 3.05) is 5.32 Å². The topological polar surface area (TPSA) is 12.0 Å². The zero-order chi connectivity index (χ0) is 13.1. The van der Waals surface area contributed by atoms with E-state index in [4.69, 9.17) is 0 Å². The summed E-state index contributed by atoms with van der Waals surface area (Å²) in [5, 5.41) is 3.07. The largest absolute Gasteiger partial charge is 0.379 e. The van der Waals surface area contributed by atoms with Crippen molar-refractivity contribution in [3.63, 3.8) is 0 Å². The van der Waals surface area contributed by atoms with Crippen LogP contribution in [0.4, 0.5) is 14.5 Å². The summed E-state index contributed by atoms with van der Waals surface area (Å²) in [6, 6.07) is 9.04. The zero-order valence-electron chi connectivity index (χ0n) is 9.18. The average molecular weight is 377 g/mol. The Labute approximate surface area is 120 Å². The lowest BCUT2D eigenvalue weighted by atomic mass is 10.2. The van der Waals surface area contributed by atoms with Crippen LogP contribution in [0.2, 0.25) is 0 Å². The highest BCUT2D eigenvalue weighted by molar-refractivity contribution is 9.11. The van der Waals surface area contributed by atoms with Gasteiger partial charge in [-0.15, -0.1) is 0 Å². The Morgan fingerprint density at radius 2 is 1.67 bits per heavy atom. The second-order valence-electron chi connectivity index (χ2n) is 3.69. The molecule has 18 heavy (non-hydrogen) atoms. The van der Waals surface area contributed by atoms with Crippen LogP contribution in [-0.4, -0.2) is 0 Å². The van der Waals surface area contributed by atoms with Crippen LogP contribution in [-0.2, 0) is 6.54 Å². The summed E-state index contributed by atoms with van der Waals surface area (Å²) in [6.45, 7) is 0.213. The number of para-hydroxylation sites is 1. The Balaban J connectivity index is 2.19. The minimum atomic E-state index is -0.445. The molecule has 1 N–H and O–H groups in total. The van der Waals surface area contributed by atoms with E-state index in [1.165, 1.54) is 6.07 Å². The maximum absolute atomic E-state index is 13.4. The second-order valence-corrected chi connectivity index (χ2v) is 5.39. The summed E-state index contributed by atoms with van der Waals surface area (Å²) in [5.41, 5.74) is 1.10. The van der Waals surface area contributed by atoms with Crippen molar-refractivity contribution < 1.29 is 8.78 Å². The van der Waals surface area contributed by atoms with E-state index >= 15 is 0 Å². The van der Waals surface area contributed by atoms with E-state index in [2.05, 4.69) is 37.2 Å². The standard InChI is InChI=1S/C13H9Br2F2N/c14-10-2-1-3-11(15)13(10)18-7-8-6-9(16)4-5-12(8)17/h1-6,18H,7H2. The third kappa shape index (κ3) is 3.09. The van der Waals surface area contributed by atoms with Crippen LogP contribution in [0.15, 0.2) is 45.3 Å². The molecule has 0 saturated heterocycles. The van der Waals surface area contributed by atoms with E-state index in [9.17, 15) is 8.78 Å². The van der Waals surface area contributed by atoms with Crippen LogP contribution in [0.1, 0.15) is 5.56 Å². The first kappa shape index (κ1) is 13.5. The van der Waals surface area contributed by atoms with Crippen LogP contribution in [0.25, 0.3) is 0 Å². The van der Waals surface area contributed by atoms with E-state index < -0.39 is 11.6 Å². The molecule has 0 amide bonds. The number of halogens is 4. The molecule has 0 fully saturated rings. The third-order valence-corrected chi connectivity index (χ3v) is 3.75. The highest BCUT2D eigenvalue weighted by Gasteiger charge is 2.07. The van der Waals surface area contributed by atoms with Gasteiger partial charge in [0.1, 0.15) is 11.6 Å². The van der Waals surface area contributed by atoms with Crippen molar-refractivity contribution in [2.45, 2.75) is 6.54 Å². The molecule has 94 valence electrons. The van der Waals surface area contributed by atoms with Gasteiger partial charge in [-0.25, -0.2) is 8.78 Å². The third-order valence-electron chi connectivity index (χ3n) is 2.43. The molecular formula is C13H9Br2F2N. The van der Waals surface area contributed by atoms with Crippen molar-refractivity contribution in [2.24, 2.45) is 0 Å². The maximum Gasteiger partial charge on any atom is 0.128 e. The Morgan fingerprint density at radius 1 is 1.00 bits per heavy atom. The SMILES string of the molecule is Fc1ccc(F)c(CNc2c(Br)cccc2Br)c1. The molecule has 0 aliphatic heterocycles. The van der Waals surface area contributed by atoms with E-state index in [1.807, 2.05) is 18.2 Å². The molecule has 0 bridgehead atoms. The van der Waals surface area contributed by atoms with Crippen molar-refractivity contribution in [1.29, 1.82) is 0 Å². The van der Waals surface area contributed by atoms with Gasteiger partial charge in [-0.3, -0.25) is 0 Å². The lowest BCUT2D eigenvalue weighted by Gasteiger charge is -2.11. The van der Waals surface area contributed by atoms with Crippen molar-refractivity contribution in [3.8, 4) is 0 Å². The van der Waals surface area contributed by atoms with Crippen LogP contribution in [0.3, 0.4) is 0 Å². The van der Waals surface area contributed by atoms with Gasteiger partial charge in [0.25, 0.3) is 0 Å². The number of hydrogen-bond donors (Lipinski definition) is 1. The molecule has 0 aromatic heterocycles. The normalized spacial score (nSPS) is 10.4. The molecule has 2 rings (SSSR count). The molecule has 0 unspecified atom stereocenters. The van der Waals surface area contributed by atoms with Crippen molar-refractivity contribution >= 4 is 37.5 Å². The smallest absolute Gasteiger partial charge is 0.128 e. The van der Waals surface area contributed by atoms with Gasteiger partial charge in [0.15, 0.2) is 0 Å². The summed E-state index contributed by atoms with van der Waals surface area (Å²) in [5.74, 6) is -0.869. The number of nitrogens with one attached hydrogen (secondary N) is 1. The minimum Gasteiger partial charge on any atom is -0.379 e. The monoisotopic (exact) mass is 375 g/mol. The molecular weight excluding hydrogens is 368 g/mol. The van der Waals surface area contributed by atoms with E-state index in [0.717, 1.165) is 26.8 Å². The molecule has 0 spiro atoms. The second kappa shape index (κ2) is 5.80. The number of hydrogen-bond acceptors (Lipinski definition) is 1. The quantitative estimate of drug-likeness (QED) is 0.785. The maximum atomic E-state index is 13.4. The molecule has 5 heteroatoms. The van der Waals surface area contributed by atoms with Gasteiger partial charge in [0.2, 0.25) is 0 Å². The summed E-state index contributed by atoms with van der Waals surface area (Å²) < 4.78 is 28.2. The van der Waals surface area contributed by atoms with Gasteiger partial charge in [0, 0.05) is 21.1 Å². The first-order chi connectivity index (χ1) is 8.58.